The van der Waals surface area contributed by atoms with E-state index in [0.29, 0.717) is 6.42 Å². The molecular weight excluding hydrogens is 176 g/mol. The van der Waals surface area contributed by atoms with Crippen molar-refractivity contribution < 1.29 is 4.79 Å². The second-order valence-electron chi connectivity index (χ2n) is 4.03. The lowest BCUT2D eigenvalue weighted by atomic mass is 9.90. The van der Waals surface area contributed by atoms with Crippen LogP contribution < -0.4 is 5.73 Å². The molecule has 1 aromatic rings. The molecule has 0 bridgehead atoms. The Balaban J connectivity index is 2.52. The van der Waals surface area contributed by atoms with Gasteiger partial charge < -0.3 is 10.7 Å². The number of fused-ring (bicyclic) bond motifs is 1. The number of Topliss-reactive ketones (excluding diaryl/α,β-unsaturated/α-hetero) is 1. The van der Waals surface area contributed by atoms with Crippen LogP contribution in [0.4, 0.5) is 0 Å². The Morgan fingerprint density at radius 2 is 2.21 bits per heavy atom. The van der Waals surface area contributed by atoms with Crippen molar-refractivity contribution in [2.45, 2.75) is 39.2 Å². The fraction of sp³-hybridized carbons (Fsp3) is 0.545. The highest BCUT2D eigenvalue weighted by Crippen LogP contribution is 2.26. The molecule has 0 spiro atoms. The number of hydrogen-bond acceptors (Lipinski definition) is 2. The van der Waals surface area contributed by atoms with Crippen LogP contribution in [0.15, 0.2) is 0 Å². The molecule has 76 valence electrons. The lowest BCUT2D eigenvalue weighted by Crippen LogP contribution is -2.31. The number of aryl methyl sites for hydroxylation is 1. The molecule has 3 N–H and O–H groups in total. The topological polar surface area (TPSA) is 58.9 Å². The highest BCUT2D eigenvalue weighted by Gasteiger charge is 2.27. The SMILES string of the molecule is CCc1[nH]c2c(c1C)C(=O)CC(N)C2. The van der Waals surface area contributed by atoms with E-state index in [2.05, 4.69) is 11.9 Å². The van der Waals surface area contributed by atoms with E-state index >= 15 is 0 Å². The monoisotopic (exact) mass is 192 g/mol. The molecule has 3 nitrogen and oxygen atoms in total. The van der Waals surface area contributed by atoms with Gasteiger partial charge >= 0.3 is 0 Å². The smallest absolute Gasteiger partial charge is 0.166 e. The molecule has 14 heavy (non-hydrogen) atoms. The average Bonchev–Trinajstić information content (AvgIpc) is 2.42. The number of aromatic amines is 1. The summed E-state index contributed by atoms with van der Waals surface area (Å²) in [4.78, 5) is 15.1. The fourth-order valence-electron chi connectivity index (χ4n) is 2.27. The van der Waals surface area contributed by atoms with Gasteiger partial charge in [-0.25, -0.2) is 0 Å². The zero-order chi connectivity index (χ0) is 10.3. The standard InChI is InChI=1S/C11H16N2O/c1-3-8-6(2)11-9(13-8)4-7(12)5-10(11)14/h7,13H,3-5,12H2,1-2H3. The first-order chi connectivity index (χ1) is 6.63. The Morgan fingerprint density at radius 3 is 2.86 bits per heavy atom. The zero-order valence-corrected chi connectivity index (χ0v) is 8.68. The van der Waals surface area contributed by atoms with Gasteiger partial charge in [0.05, 0.1) is 0 Å². The van der Waals surface area contributed by atoms with Crippen LogP contribution >= 0.6 is 0 Å². The molecule has 1 atom stereocenters. The van der Waals surface area contributed by atoms with Gasteiger partial charge in [-0.2, -0.15) is 0 Å². The van der Waals surface area contributed by atoms with E-state index < -0.39 is 0 Å². The summed E-state index contributed by atoms with van der Waals surface area (Å²) in [5.41, 5.74) is 10.1. The van der Waals surface area contributed by atoms with Crippen molar-refractivity contribution in [3.05, 3.63) is 22.5 Å². The molecule has 1 aromatic heterocycles. The second kappa shape index (κ2) is 3.24. The summed E-state index contributed by atoms with van der Waals surface area (Å²) >= 11 is 0. The minimum Gasteiger partial charge on any atom is -0.361 e. The van der Waals surface area contributed by atoms with E-state index in [1.165, 1.54) is 5.69 Å². The van der Waals surface area contributed by atoms with Gasteiger partial charge in [0, 0.05) is 35.8 Å². The molecule has 1 unspecified atom stereocenters. The Kier molecular flexibility index (Phi) is 2.19. The summed E-state index contributed by atoms with van der Waals surface area (Å²) in [6, 6.07) is -0.00208. The molecule has 0 fully saturated rings. The highest BCUT2D eigenvalue weighted by atomic mass is 16.1. The van der Waals surface area contributed by atoms with E-state index in [4.69, 9.17) is 5.73 Å². The maximum Gasteiger partial charge on any atom is 0.166 e. The minimum absolute atomic E-state index is 0.00208. The van der Waals surface area contributed by atoms with Gasteiger partial charge in [-0.15, -0.1) is 0 Å². The van der Waals surface area contributed by atoms with Crippen molar-refractivity contribution in [1.82, 2.24) is 4.98 Å². The Morgan fingerprint density at radius 1 is 1.50 bits per heavy atom. The van der Waals surface area contributed by atoms with Crippen LogP contribution in [0.25, 0.3) is 0 Å². The van der Waals surface area contributed by atoms with Gasteiger partial charge in [0.25, 0.3) is 0 Å². The molecule has 0 saturated heterocycles. The molecular formula is C11H16N2O. The van der Waals surface area contributed by atoms with E-state index in [-0.39, 0.29) is 11.8 Å². The number of nitrogens with two attached hydrogens (primary N) is 1. The van der Waals surface area contributed by atoms with Gasteiger partial charge in [0.1, 0.15) is 0 Å². The van der Waals surface area contributed by atoms with Crippen molar-refractivity contribution in [3.63, 3.8) is 0 Å². The molecule has 3 heteroatoms. The maximum atomic E-state index is 11.7. The number of carbonyl (C=O) groups is 1. The van der Waals surface area contributed by atoms with Crippen LogP contribution in [0.3, 0.4) is 0 Å². The molecule has 0 amide bonds. The first kappa shape index (κ1) is 9.46. The fourth-order valence-corrected chi connectivity index (χ4v) is 2.27. The van der Waals surface area contributed by atoms with Crippen LogP contribution in [-0.4, -0.2) is 16.8 Å². The summed E-state index contributed by atoms with van der Waals surface area (Å²) in [5.74, 6) is 0.201. The van der Waals surface area contributed by atoms with Gasteiger partial charge in [-0.05, 0) is 18.9 Å². The molecule has 2 rings (SSSR count). The van der Waals surface area contributed by atoms with E-state index in [9.17, 15) is 4.79 Å². The van der Waals surface area contributed by atoms with Crippen molar-refractivity contribution in [2.24, 2.45) is 5.73 Å². The van der Waals surface area contributed by atoms with Crippen LogP contribution in [-0.2, 0) is 12.8 Å². The lowest BCUT2D eigenvalue weighted by molar-refractivity contribution is 0.0965. The molecule has 0 saturated carbocycles. The van der Waals surface area contributed by atoms with E-state index in [1.807, 2.05) is 6.92 Å². The van der Waals surface area contributed by atoms with Gasteiger partial charge in [0.2, 0.25) is 0 Å². The Labute approximate surface area is 83.7 Å². The number of aromatic nitrogens is 1. The lowest BCUT2D eigenvalue weighted by Gasteiger charge is -2.17. The first-order valence-corrected chi connectivity index (χ1v) is 5.12. The summed E-state index contributed by atoms with van der Waals surface area (Å²) in [5, 5.41) is 0. The van der Waals surface area contributed by atoms with Gasteiger partial charge in [-0.3, -0.25) is 4.79 Å². The summed E-state index contributed by atoms with van der Waals surface area (Å²) < 4.78 is 0. The van der Waals surface area contributed by atoms with E-state index in [0.717, 1.165) is 29.7 Å². The number of rotatable bonds is 1. The second-order valence-corrected chi connectivity index (χ2v) is 4.03. The van der Waals surface area contributed by atoms with Crippen molar-refractivity contribution in [1.29, 1.82) is 0 Å². The van der Waals surface area contributed by atoms with Gasteiger partial charge in [-0.1, -0.05) is 6.92 Å². The number of ketones is 1. The molecule has 1 aliphatic rings. The third-order valence-corrected chi connectivity index (χ3v) is 2.98. The van der Waals surface area contributed by atoms with Crippen LogP contribution in [0.5, 0.6) is 0 Å². The van der Waals surface area contributed by atoms with Crippen LogP contribution in [0, 0.1) is 6.92 Å². The Bertz CT molecular complexity index is 379. The molecule has 1 heterocycles. The van der Waals surface area contributed by atoms with Crippen molar-refractivity contribution in [3.8, 4) is 0 Å². The van der Waals surface area contributed by atoms with Crippen LogP contribution in [0.2, 0.25) is 0 Å². The predicted molar refractivity (Wildman–Crippen MR) is 55.5 cm³/mol. The van der Waals surface area contributed by atoms with Crippen LogP contribution in [0.1, 0.15) is 40.7 Å². The maximum absolute atomic E-state index is 11.7. The van der Waals surface area contributed by atoms with E-state index in [1.54, 1.807) is 0 Å². The van der Waals surface area contributed by atoms with Crippen molar-refractivity contribution >= 4 is 5.78 Å². The largest absolute Gasteiger partial charge is 0.361 e. The molecule has 0 radical (unpaired) electrons. The number of carbonyl (C=O) groups excluding carboxylic acids is 1. The molecule has 0 aliphatic heterocycles. The molecule has 1 aliphatic carbocycles. The predicted octanol–water partition coefficient (Wildman–Crippen LogP) is 1.34. The summed E-state index contributed by atoms with van der Waals surface area (Å²) in [6.07, 6.45) is 2.25. The number of nitrogens with one attached hydrogen (secondary N) is 1. The quantitative estimate of drug-likeness (QED) is 0.705. The zero-order valence-electron chi connectivity index (χ0n) is 8.68. The third kappa shape index (κ3) is 1.28. The van der Waals surface area contributed by atoms with Crippen molar-refractivity contribution in [2.75, 3.05) is 0 Å². The molecule has 0 aromatic carbocycles. The average molecular weight is 192 g/mol. The summed E-state index contributed by atoms with van der Waals surface area (Å²) in [7, 11) is 0. The first-order valence-electron chi connectivity index (χ1n) is 5.12. The normalized spacial score (nSPS) is 21.1. The Hall–Kier alpha value is -1.09. The highest BCUT2D eigenvalue weighted by molar-refractivity contribution is 6.00. The van der Waals surface area contributed by atoms with Gasteiger partial charge in [0.15, 0.2) is 5.78 Å². The number of hydrogen-bond donors (Lipinski definition) is 2. The number of H-pyrrole nitrogens is 1. The summed E-state index contributed by atoms with van der Waals surface area (Å²) in [6.45, 7) is 4.11. The third-order valence-electron chi connectivity index (χ3n) is 2.98. The minimum atomic E-state index is -0.00208.